The Morgan fingerprint density at radius 3 is 2.26 bits per heavy atom. The Hall–Kier alpha value is -0.570. The third kappa shape index (κ3) is 3.31. The molecule has 1 saturated heterocycles. The van der Waals surface area contributed by atoms with Crippen molar-refractivity contribution >= 4 is 5.91 Å². The van der Waals surface area contributed by atoms with Crippen LogP contribution in [0.25, 0.3) is 0 Å². The highest BCUT2D eigenvalue weighted by Gasteiger charge is 2.32. The molecule has 0 aromatic carbocycles. The smallest absolute Gasteiger partial charge is 0.225 e. The van der Waals surface area contributed by atoms with Gasteiger partial charge in [0.15, 0.2) is 0 Å². The molecule has 2 saturated carbocycles. The minimum atomic E-state index is 0.355. The molecule has 0 bridgehead atoms. The molecule has 1 unspecified atom stereocenters. The molecule has 3 heteroatoms. The molecule has 3 aliphatic rings. The first-order valence-electron chi connectivity index (χ1n) is 8.38. The lowest BCUT2D eigenvalue weighted by Gasteiger charge is -2.27. The molecule has 1 N–H and O–H groups in total. The van der Waals surface area contributed by atoms with Crippen LogP contribution in [0.1, 0.15) is 64.2 Å². The number of carbonyl (C=O) groups is 1. The van der Waals surface area contributed by atoms with Gasteiger partial charge in [-0.2, -0.15) is 0 Å². The first-order valence-corrected chi connectivity index (χ1v) is 8.38. The summed E-state index contributed by atoms with van der Waals surface area (Å²) in [6.07, 6.45) is 12.8. The predicted octanol–water partition coefficient (Wildman–Crippen LogP) is 2.70. The number of likely N-dealkylation sites (tertiary alicyclic amines) is 1. The third-order valence-electron chi connectivity index (χ3n) is 5.28. The van der Waals surface area contributed by atoms with Gasteiger partial charge in [-0.05, 0) is 32.1 Å². The van der Waals surface area contributed by atoms with Crippen molar-refractivity contribution in [2.24, 2.45) is 5.92 Å². The first kappa shape index (κ1) is 13.4. The second kappa shape index (κ2) is 6.25. The van der Waals surface area contributed by atoms with Crippen LogP contribution in [0.4, 0.5) is 0 Å². The number of carbonyl (C=O) groups excluding carboxylic acids is 1. The quantitative estimate of drug-likeness (QED) is 0.850. The summed E-state index contributed by atoms with van der Waals surface area (Å²) in [5.41, 5.74) is 0. The van der Waals surface area contributed by atoms with Crippen molar-refractivity contribution < 1.29 is 4.79 Å². The van der Waals surface area contributed by atoms with E-state index < -0.39 is 0 Å². The summed E-state index contributed by atoms with van der Waals surface area (Å²) in [6, 6.07) is 1.29. The lowest BCUT2D eigenvalue weighted by Crippen LogP contribution is -2.42. The second-order valence-corrected chi connectivity index (χ2v) is 6.75. The van der Waals surface area contributed by atoms with Crippen LogP contribution in [-0.2, 0) is 4.79 Å². The Balaban J connectivity index is 1.45. The number of amides is 1. The van der Waals surface area contributed by atoms with E-state index in [9.17, 15) is 4.79 Å². The SMILES string of the molecule is O=C(C1CCCC1)N1CCC(NC2CCCCC2)C1. The fraction of sp³-hybridized carbons (Fsp3) is 0.938. The summed E-state index contributed by atoms with van der Waals surface area (Å²) in [5.74, 6) is 0.805. The summed E-state index contributed by atoms with van der Waals surface area (Å²) in [6.45, 7) is 1.95. The van der Waals surface area contributed by atoms with Crippen molar-refractivity contribution in [1.82, 2.24) is 10.2 Å². The molecule has 2 aliphatic carbocycles. The highest BCUT2D eigenvalue weighted by molar-refractivity contribution is 5.79. The highest BCUT2D eigenvalue weighted by atomic mass is 16.2. The van der Waals surface area contributed by atoms with E-state index in [2.05, 4.69) is 10.2 Å². The molecule has 1 atom stereocenters. The molecule has 0 aromatic rings. The Kier molecular flexibility index (Phi) is 4.42. The van der Waals surface area contributed by atoms with E-state index in [0.29, 0.717) is 17.9 Å². The number of hydrogen-bond acceptors (Lipinski definition) is 2. The highest BCUT2D eigenvalue weighted by Crippen LogP contribution is 2.28. The topological polar surface area (TPSA) is 32.3 Å². The molecule has 1 aliphatic heterocycles. The molecule has 1 heterocycles. The molecular formula is C16H28N2O. The normalized spacial score (nSPS) is 30.1. The van der Waals surface area contributed by atoms with Gasteiger partial charge in [-0.1, -0.05) is 32.1 Å². The van der Waals surface area contributed by atoms with Gasteiger partial charge >= 0.3 is 0 Å². The van der Waals surface area contributed by atoms with Crippen molar-refractivity contribution in [3.05, 3.63) is 0 Å². The van der Waals surface area contributed by atoms with E-state index in [4.69, 9.17) is 0 Å². The fourth-order valence-electron chi connectivity index (χ4n) is 4.13. The van der Waals surface area contributed by atoms with Gasteiger partial charge < -0.3 is 10.2 Å². The van der Waals surface area contributed by atoms with Crippen LogP contribution in [0, 0.1) is 5.92 Å². The van der Waals surface area contributed by atoms with Gasteiger partial charge in [-0.15, -0.1) is 0 Å². The number of rotatable bonds is 3. The minimum absolute atomic E-state index is 0.355. The Labute approximate surface area is 117 Å². The Morgan fingerprint density at radius 2 is 1.53 bits per heavy atom. The molecule has 3 nitrogen and oxygen atoms in total. The van der Waals surface area contributed by atoms with Gasteiger partial charge in [0.05, 0.1) is 0 Å². The average Bonchev–Trinajstić information content (AvgIpc) is 3.10. The molecule has 3 fully saturated rings. The lowest BCUT2D eigenvalue weighted by molar-refractivity contribution is -0.134. The van der Waals surface area contributed by atoms with Crippen LogP contribution in [0.3, 0.4) is 0 Å². The van der Waals surface area contributed by atoms with E-state index in [1.165, 1.54) is 44.9 Å². The largest absolute Gasteiger partial charge is 0.341 e. The summed E-state index contributed by atoms with van der Waals surface area (Å²) in [7, 11) is 0. The standard InChI is InChI=1S/C16H28N2O/c19-16(13-6-4-5-7-13)18-11-10-15(12-18)17-14-8-2-1-3-9-14/h13-15,17H,1-12H2. The molecular weight excluding hydrogens is 236 g/mol. The van der Waals surface area contributed by atoms with Crippen LogP contribution in [0.5, 0.6) is 0 Å². The van der Waals surface area contributed by atoms with Crippen molar-refractivity contribution in [1.29, 1.82) is 0 Å². The van der Waals surface area contributed by atoms with Crippen molar-refractivity contribution in [3.8, 4) is 0 Å². The second-order valence-electron chi connectivity index (χ2n) is 6.75. The molecule has 0 spiro atoms. The van der Waals surface area contributed by atoms with Crippen LogP contribution >= 0.6 is 0 Å². The van der Waals surface area contributed by atoms with Gasteiger partial charge in [0.25, 0.3) is 0 Å². The summed E-state index contributed by atoms with van der Waals surface area (Å²) < 4.78 is 0. The Morgan fingerprint density at radius 1 is 0.842 bits per heavy atom. The zero-order valence-corrected chi connectivity index (χ0v) is 12.1. The van der Waals surface area contributed by atoms with Crippen LogP contribution in [-0.4, -0.2) is 36.0 Å². The summed E-state index contributed by atoms with van der Waals surface area (Å²) >= 11 is 0. The van der Waals surface area contributed by atoms with Crippen LogP contribution in [0.2, 0.25) is 0 Å². The molecule has 1 amide bonds. The maximum absolute atomic E-state index is 12.4. The molecule has 0 aromatic heterocycles. The van der Waals surface area contributed by atoms with Crippen LogP contribution < -0.4 is 5.32 Å². The molecule has 0 radical (unpaired) electrons. The average molecular weight is 264 g/mol. The van der Waals surface area contributed by atoms with Crippen molar-refractivity contribution in [2.45, 2.75) is 76.3 Å². The molecule has 108 valence electrons. The Bertz CT molecular complexity index is 306. The maximum Gasteiger partial charge on any atom is 0.225 e. The monoisotopic (exact) mass is 264 g/mol. The van der Waals surface area contributed by atoms with Crippen molar-refractivity contribution in [3.63, 3.8) is 0 Å². The lowest BCUT2D eigenvalue weighted by atomic mass is 9.95. The molecule has 19 heavy (non-hydrogen) atoms. The zero-order valence-electron chi connectivity index (χ0n) is 12.1. The predicted molar refractivity (Wildman–Crippen MR) is 77.0 cm³/mol. The van der Waals surface area contributed by atoms with E-state index in [0.717, 1.165) is 38.4 Å². The van der Waals surface area contributed by atoms with Gasteiger partial charge in [-0.25, -0.2) is 0 Å². The van der Waals surface area contributed by atoms with Gasteiger partial charge in [0, 0.05) is 31.1 Å². The van der Waals surface area contributed by atoms with Gasteiger partial charge in [-0.3, -0.25) is 4.79 Å². The van der Waals surface area contributed by atoms with Gasteiger partial charge in [0.2, 0.25) is 5.91 Å². The summed E-state index contributed by atoms with van der Waals surface area (Å²) in [5, 5.41) is 3.80. The minimum Gasteiger partial charge on any atom is -0.341 e. The van der Waals surface area contributed by atoms with Gasteiger partial charge in [0.1, 0.15) is 0 Å². The third-order valence-corrected chi connectivity index (χ3v) is 5.28. The van der Waals surface area contributed by atoms with Crippen molar-refractivity contribution in [2.75, 3.05) is 13.1 Å². The first-order chi connectivity index (χ1) is 9.33. The van der Waals surface area contributed by atoms with Crippen LogP contribution in [0.15, 0.2) is 0 Å². The number of nitrogens with one attached hydrogen (secondary N) is 1. The number of hydrogen-bond donors (Lipinski definition) is 1. The maximum atomic E-state index is 12.4. The zero-order chi connectivity index (χ0) is 13.1. The van der Waals surface area contributed by atoms with E-state index >= 15 is 0 Å². The summed E-state index contributed by atoms with van der Waals surface area (Å²) in [4.78, 5) is 14.5. The molecule has 3 rings (SSSR count). The fourth-order valence-corrected chi connectivity index (χ4v) is 4.13. The van der Waals surface area contributed by atoms with E-state index in [1.807, 2.05) is 0 Å². The van der Waals surface area contributed by atoms with E-state index in [-0.39, 0.29) is 0 Å². The van der Waals surface area contributed by atoms with E-state index in [1.54, 1.807) is 0 Å². The number of nitrogens with zero attached hydrogens (tertiary/aromatic N) is 1.